The number of fused-ring (bicyclic) bond motifs is 1. The van der Waals surface area contributed by atoms with Gasteiger partial charge in [0.25, 0.3) is 0 Å². The molecule has 0 bridgehead atoms. The molecular weight excluding hydrogens is 256 g/mol. The first-order valence-electron chi connectivity index (χ1n) is 6.20. The monoisotopic (exact) mass is 268 g/mol. The van der Waals surface area contributed by atoms with E-state index in [1.807, 2.05) is 24.3 Å². The molecule has 3 rings (SSSR count). The number of para-hydroxylation sites is 2. The molecule has 0 spiro atoms. The number of oxazole rings is 1. The van der Waals surface area contributed by atoms with E-state index < -0.39 is 12.1 Å². The molecule has 0 saturated heterocycles. The predicted molar refractivity (Wildman–Crippen MR) is 72.1 cm³/mol. The van der Waals surface area contributed by atoms with Crippen LogP contribution >= 0.6 is 0 Å². The van der Waals surface area contributed by atoms with Crippen molar-refractivity contribution in [3.8, 4) is 0 Å². The summed E-state index contributed by atoms with van der Waals surface area (Å²) in [6, 6.07) is 10.6. The minimum Gasteiger partial charge on any atom is -0.449 e. The second-order valence-corrected chi connectivity index (χ2v) is 4.30. The number of hydrogen-bond donors (Lipinski definition) is 0. The number of carbonyl (C=O) groups is 1. The third-order valence-corrected chi connectivity index (χ3v) is 2.86. The molecular formula is C15H12N2O3. The van der Waals surface area contributed by atoms with Crippen molar-refractivity contribution in [1.82, 2.24) is 9.97 Å². The van der Waals surface area contributed by atoms with Crippen LogP contribution in [0.25, 0.3) is 11.1 Å². The minimum absolute atomic E-state index is 0.383. The molecule has 20 heavy (non-hydrogen) atoms. The van der Waals surface area contributed by atoms with Crippen molar-refractivity contribution in [3.05, 3.63) is 60.2 Å². The maximum Gasteiger partial charge on any atom is 0.339 e. The van der Waals surface area contributed by atoms with E-state index in [-0.39, 0.29) is 0 Å². The average Bonchev–Trinajstić information content (AvgIpc) is 2.92. The van der Waals surface area contributed by atoms with E-state index in [1.54, 1.807) is 31.5 Å². The van der Waals surface area contributed by atoms with Crippen molar-refractivity contribution in [2.45, 2.75) is 13.0 Å². The van der Waals surface area contributed by atoms with Crippen LogP contribution in [0.2, 0.25) is 0 Å². The lowest BCUT2D eigenvalue weighted by molar-refractivity contribution is 0.0282. The maximum absolute atomic E-state index is 11.9. The summed E-state index contributed by atoms with van der Waals surface area (Å²) in [7, 11) is 0. The third kappa shape index (κ3) is 2.38. The maximum atomic E-state index is 11.9. The SMILES string of the molecule is C[C@@H](OC(=O)c1ccncc1)c1nc2ccccc2o1. The fourth-order valence-corrected chi connectivity index (χ4v) is 1.83. The number of aromatic nitrogens is 2. The van der Waals surface area contributed by atoms with Gasteiger partial charge in [-0.2, -0.15) is 0 Å². The molecule has 2 heterocycles. The smallest absolute Gasteiger partial charge is 0.339 e. The summed E-state index contributed by atoms with van der Waals surface area (Å²) in [5.74, 6) is -0.0456. The van der Waals surface area contributed by atoms with Crippen molar-refractivity contribution >= 4 is 17.1 Å². The first-order chi connectivity index (χ1) is 9.74. The number of carbonyl (C=O) groups excluding carboxylic acids is 1. The van der Waals surface area contributed by atoms with Crippen LogP contribution in [-0.4, -0.2) is 15.9 Å². The first kappa shape index (κ1) is 12.3. The lowest BCUT2D eigenvalue weighted by atomic mass is 10.3. The zero-order valence-electron chi connectivity index (χ0n) is 10.8. The molecule has 2 aromatic heterocycles. The van der Waals surface area contributed by atoms with Crippen LogP contribution in [0.1, 0.15) is 29.3 Å². The summed E-state index contributed by atoms with van der Waals surface area (Å²) < 4.78 is 10.9. The van der Waals surface area contributed by atoms with Gasteiger partial charge in [0, 0.05) is 12.4 Å². The van der Waals surface area contributed by atoms with Gasteiger partial charge in [0.1, 0.15) is 5.52 Å². The van der Waals surface area contributed by atoms with Gasteiger partial charge in [-0.3, -0.25) is 4.98 Å². The van der Waals surface area contributed by atoms with Gasteiger partial charge in [0.2, 0.25) is 5.89 Å². The van der Waals surface area contributed by atoms with Crippen molar-refractivity contribution in [3.63, 3.8) is 0 Å². The highest BCUT2D eigenvalue weighted by Gasteiger charge is 2.18. The molecule has 1 atom stereocenters. The Balaban J connectivity index is 1.79. The van der Waals surface area contributed by atoms with Crippen molar-refractivity contribution in [2.75, 3.05) is 0 Å². The first-order valence-corrected chi connectivity index (χ1v) is 6.20. The van der Waals surface area contributed by atoms with Crippen LogP contribution in [0.3, 0.4) is 0 Å². The zero-order chi connectivity index (χ0) is 13.9. The molecule has 0 aliphatic heterocycles. The standard InChI is InChI=1S/C15H12N2O3/c1-10(19-15(18)11-6-8-16-9-7-11)14-17-12-4-2-3-5-13(12)20-14/h2-10H,1H3/t10-/m1/s1. The number of benzene rings is 1. The Morgan fingerprint density at radius 2 is 1.95 bits per heavy atom. The van der Waals surface area contributed by atoms with Crippen molar-refractivity contribution in [1.29, 1.82) is 0 Å². The fraction of sp³-hybridized carbons (Fsp3) is 0.133. The van der Waals surface area contributed by atoms with Gasteiger partial charge in [-0.25, -0.2) is 9.78 Å². The van der Waals surface area contributed by atoms with E-state index in [0.717, 1.165) is 5.52 Å². The summed E-state index contributed by atoms with van der Waals surface area (Å²) in [4.78, 5) is 20.1. The molecule has 0 aliphatic rings. The Morgan fingerprint density at radius 1 is 1.20 bits per heavy atom. The third-order valence-electron chi connectivity index (χ3n) is 2.86. The minimum atomic E-state index is -0.553. The number of nitrogens with zero attached hydrogens (tertiary/aromatic N) is 2. The number of hydrogen-bond acceptors (Lipinski definition) is 5. The molecule has 0 saturated carbocycles. The Morgan fingerprint density at radius 3 is 2.70 bits per heavy atom. The lowest BCUT2D eigenvalue weighted by Crippen LogP contribution is -2.09. The lowest BCUT2D eigenvalue weighted by Gasteiger charge is -2.09. The van der Waals surface area contributed by atoms with Crippen LogP contribution in [0.4, 0.5) is 0 Å². The van der Waals surface area contributed by atoms with Crippen LogP contribution in [0, 0.1) is 0 Å². The normalized spacial score (nSPS) is 12.2. The van der Waals surface area contributed by atoms with E-state index in [2.05, 4.69) is 9.97 Å². The van der Waals surface area contributed by atoms with Gasteiger partial charge in [-0.1, -0.05) is 12.1 Å². The molecule has 0 amide bonds. The van der Waals surface area contributed by atoms with E-state index in [9.17, 15) is 4.79 Å². The van der Waals surface area contributed by atoms with Crippen LogP contribution in [0.5, 0.6) is 0 Å². The Labute approximate surface area is 115 Å². The Hall–Kier alpha value is -2.69. The molecule has 5 heteroatoms. The van der Waals surface area contributed by atoms with Gasteiger partial charge in [0.05, 0.1) is 5.56 Å². The number of pyridine rings is 1. The van der Waals surface area contributed by atoms with E-state index in [1.165, 1.54) is 0 Å². The number of ether oxygens (including phenoxy) is 1. The summed E-state index contributed by atoms with van der Waals surface area (Å²) in [6.07, 6.45) is 2.53. The van der Waals surface area contributed by atoms with E-state index in [0.29, 0.717) is 17.0 Å². The van der Waals surface area contributed by atoms with E-state index in [4.69, 9.17) is 9.15 Å². The molecule has 0 fully saturated rings. The van der Waals surface area contributed by atoms with Crippen molar-refractivity contribution in [2.24, 2.45) is 0 Å². The highest BCUT2D eigenvalue weighted by Crippen LogP contribution is 2.22. The molecule has 0 radical (unpaired) electrons. The molecule has 3 aromatic rings. The van der Waals surface area contributed by atoms with Gasteiger partial charge >= 0.3 is 5.97 Å². The van der Waals surface area contributed by atoms with Crippen LogP contribution < -0.4 is 0 Å². The van der Waals surface area contributed by atoms with Gasteiger partial charge in [-0.15, -0.1) is 0 Å². The predicted octanol–water partition coefficient (Wildman–Crippen LogP) is 3.14. The zero-order valence-corrected chi connectivity index (χ0v) is 10.8. The summed E-state index contributed by atoms with van der Waals surface area (Å²) in [5, 5.41) is 0. The van der Waals surface area contributed by atoms with Gasteiger partial charge in [0.15, 0.2) is 11.7 Å². The highest BCUT2D eigenvalue weighted by molar-refractivity contribution is 5.89. The summed E-state index contributed by atoms with van der Waals surface area (Å²) >= 11 is 0. The number of esters is 1. The number of rotatable bonds is 3. The largest absolute Gasteiger partial charge is 0.449 e. The molecule has 0 unspecified atom stereocenters. The molecule has 0 N–H and O–H groups in total. The van der Waals surface area contributed by atoms with Crippen LogP contribution in [0.15, 0.2) is 53.2 Å². The molecule has 100 valence electrons. The summed E-state index contributed by atoms with van der Waals surface area (Å²) in [6.45, 7) is 1.73. The fourth-order valence-electron chi connectivity index (χ4n) is 1.83. The molecule has 5 nitrogen and oxygen atoms in total. The topological polar surface area (TPSA) is 65.2 Å². The van der Waals surface area contributed by atoms with E-state index >= 15 is 0 Å². The Bertz CT molecular complexity index is 704. The van der Waals surface area contributed by atoms with Crippen LogP contribution in [-0.2, 0) is 4.74 Å². The van der Waals surface area contributed by atoms with Gasteiger partial charge < -0.3 is 9.15 Å². The quantitative estimate of drug-likeness (QED) is 0.683. The highest BCUT2D eigenvalue weighted by atomic mass is 16.6. The Kier molecular flexibility index (Phi) is 3.16. The van der Waals surface area contributed by atoms with Crippen molar-refractivity contribution < 1.29 is 13.9 Å². The van der Waals surface area contributed by atoms with Gasteiger partial charge in [-0.05, 0) is 31.2 Å². The average molecular weight is 268 g/mol. The molecule has 0 aliphatic carbocycles. The molecule has 1 aromatic carbocycles. The second kappa shape index (κ2) is 5.13. The summed E-state index contributed by atoms with van der Waals surface area (Å²) in [5.41, 5.74) is 1.87. The second-order valence-electron chi connectivity index (χ2n) is 4.30.